The van der Waals surface area contributed by atoms with E-state index in [1.165, 1.54) is 24.3 Å². The summed E-state index contributed by atoms with van der Waals surface area (Å²) in [6.07, 6.45) is 2.45. The van der Waals surface area contributed by atoms with E-state index in [4.69, 9.17) is 0 Å². The predicted molar refractivity (Wildman–Crippen MR) is 107 cm³/mol. The van der Waals surface area contributed by atoms with Crippen molar-refractivity contribution in [1.29, 1.82) is 0 Å². The standard InChI is InChI=1S/C22H26F3O2P/c1-3-5-12-17(4-2)20(18-13-8-6-9-14-18)28(27,22(23,24)25)21(26)19-15-10-7-11-16-19/h6-11,13-17,20H,3-5,12H2,1-2H3. The lowest BCUT2D eigenvalue weighted by Crippen LogP contribution is -2.26. The first-order chi connectivity index (χ1) is 13.3. The molecule has 2 nitrogen and oxygen atoms in total. The van der Waals surface area contributed by atoms with Crippen LogP contribution in [0.5, 0.6) is 0 Å². The van der Waals surface area contributed by atoms with Crippen molar-refractivity contribution in [2.75, 3.05) is 0 Å². The average molecular weight is 410 g/mol. The summed E-state index contributed by atoms with van der Waals surface area (Å²) in [6.45, 7) is 3.76. The SMILES string of the molecule is CCCCC(CC)C(c1ccccc1)P(=O)(C(=O)c1ccccc1)C(F)(F)F. The van der Waals surface area contributed by atoms with Gasteiger partial charge in [0.25, 0.3) is 7.14 Å². The number of carbonyl (C=O) groups is 1. The number of benzene rings is 2. The highest BCUT2D eigenvalue weighted by Gasteiger charge is 2.62. The number of carbonyl (C=O) groups excluding carboxylic acids is 1. The molecule has 0 heterocycles. The third-order valence-electron chi connectivity index (χ3n) is 5.13. The summed E-state index contributed by atoms with van der Waals surface area (Å²) in [4.78, 5) is 13.0. The van der Waals surface area contributed by atoms with Gasteiger partial charge in [0.15, 0.2) is 0 Å². The fourth-order valence-corrected chi connectivity index (χ4v) is 6.53. The molecule has 0 saturated heterocycles. The van der Waals surface area contributed by atoms with Crippen LogP contribution in [0.25, 0.3) is 0 Å². The summed E-state index contributed by atoms with van der Waals surface area (Å²) in [5.41, 5.74) is -2.52. The summed E-state index contributed by atoms with van der Waals surface area (Å²) in [5.74, 6) is -5.61. The van der Waals surface area contributed by atoms with Gasteiger partial charge >= 0.3 is 5.92 Å². The fraction of sp³-hybridized carbons (Fsp3) is 0.409. The van der Waals surface area contributed by atoms with Crippen LogP contribution in [-0.2, 0) is 4.57 Å². The topological polar surface area (TPSA) is 34.1 Å². The molecule has 0 radical (unpaired) electrons. The molecule has 2 rings (SSSR count). The van der Waals surface area contributed by atoms with E-state index in [0.29, 0.717) is 18.4 Å². The molecule has 0 saturated carbocycles. The zero-order valence-electron chi connectivity index (χ0n) is 16.2. The minimum atomic E-state index is -5.30. The van der Waals surface area contributed by atoms with Crippen LogP contribution in [0.15, 0.2) is 60.7 Å². The molecule has 6 heteroatoms. The van der Waals surface area contributed by atoms with Crippen molar-refractivity contribution in [2.45, 2.75) is 51.1 Å². The molecule has 0 aliphatic carbocycles. The summed E-state index contributed by atoms with van der Waals surface area (Å²) in [5, 5.41) is 0. The number of alkyl halides is 3. The van der Waals surface area contributed by atoms with Gasteiger partial charge in [-0.15, -0.1) is 0 Å². The van der Waals surface area contributed by atoms with Gasteiger partial charge in [0.05, 0.1) is 5.66 Å². The summed E-state index contributed by atoms with van der Waals surface area (Å²) >= 11 is 0. The molecule has 0 N–H and O–H groups in total. The van der Waals surface area contributed by atoms with E-state index >= 15 is 0 Å². The fourth-order valence-electron chi connectivity index (χ4n) is 3.65. The zero-order chi connectivity index (χ0) is 20.8. The Bertz CT molecular complexity index is 804. The van der Waals surface area contributed by atoms with E-state index in [0.717, 1.165) is 12.8 Å². The molecule has 0 aromatic heterocycles. The van der Waals surface area contributed by atoms with Gasteiger partial charge in [-0.3, -0.25) is 4.79 Å². The Kier molecular flexibility index (Phi) is 7.65. The van der Waals surface area contributed by atoms with Gasteiger partial charge < -0.3 is 4.57 Å². The van der Waals surface area contributed by atoms with Gasteiger partial charge in [0.2, 0.25) is 5.52 Å². The monoisotopic (exact) mass is 410 g/mol. The van der Waals surface area contributed by atoms with Crippen molar-refractivity contribution in [1.82, 2.24) is 0 Å². The molecule has 0 aliphatic heterocycles. The maximum absolute atomic E-state index is 14.3. The van der Waals surface area contributed by atoms with Crippen LogP contribution < -0.4 is 0 Å². The second kappa shape index (κ2) is 9.56. The Morgan fingerprint density at radius 2 is 1.50 bits per heavy atom. The van der Waals surface area contributed by atoms with Gasteiger partial charge in [-0.05, 0) is 17.9 Å². The molecular weight excluding hydrogens is 384 g/mol. The summed E-state index contributed by atoms with van der Waals surface area (Å²) < 4.78 is 56.7. The van der Waals surface area contributed by atoms with Crippen molar-refractivity contribution in [3.63, 3.8) is 0 Å². The van der Waals surface area contributed by atoms with E-state index in [1.807, 2.05) is 6.92 Å². The highest BCUT2D eigenvalue weighted by molar-refractivity contribution is 7.82. The molecule has 152 valence electrons. The molecule has 0 fully saturated rings. The van der Waals surface area contributed by atoms with E-state index in [2.05, 4.69) is 0 Å². The Morgan fingerprint density at radius 3 is 1.96 bits per heavy atom. The Hall–Kier alpha value is -1.87. The lowest BCUT2D eigenvalue weighted by atomic mass is 9.91. The molecule has 0 spiro atoms. The van der Waals surface area contributed by atoms with Crippen LogP contribution in [0.2, 0.25) is 0 Å². The first-order valence-electron chi connectivity index (χ1n) is 9.58. The van der Waals surface area contributed by atoms with E-state index in [9.17, 15) is 22.5 Å². The smallest absolute Gasteiger partial charge is 0.305 e. The van der Waals surface area contributed by atoms with Gasteiger partial charge in [0.1, 0.15) is 0 Å². The van der Waals surface area contributed by atoms with Crippen LogP contribution in [0.3, 0.4) is 0 Å². The Morgan fingerprint density at radius 1 is 0.964 bits per heavy atom. The number of halogens is 3. The maximum Gasteiger partial charge on any atom is 0.447 e. The molecule has 0 aliphatic rings. The van der Waals surface area contributed by atoms with E-state index in [-0.39, 0.29) is 5.56 Å². The van der Waals surface area contributed by atoms with Crippen molar-refractivity contribution >= 4 is 12.7 Å². The summed E-state index contributed by atoms with van der Waals surface area (Å²) in [6, 6.07) is 15.2. The normalized spacial score (nSPS) is 16.2. The predicted octanol–water partition coefficient (Wildman–Crippen LogP) is 7.67. The lowest BCUT2D eigenvalue weighted by molar-refractivity contribution is -0.0475. The first kappa shape index (κ1) is 22.4. The second-order valence-electron chi connectivity index (χ2n) is 6.96. The molecule has 0 amide bonds. The van der Waals surface area contributed by atoms with Crippen LogP contribution >= 0.6 is 7.14 Å². The van der Waals surface area contributed by atoms with Crippen LogP contribution in [0.1, 0.15) is 61.1 Å². The highest BCUT2D eigenvalue weighted by Crippen LogP contribution is 2.74. The highest BCUT2D eigenvalue weighted by atomic mass is 31.2. The van der Waals surface area contributed by atoms with Gasteiger partial charge in [-0.2, -0.15) is 13.2 Å². The summed E-state index contributed by atoms with van der Waals surface area (Å²) in [7, 11) is -5.30. The second-order valence-corrected chi connectivity index (χ2v) is 9.75. The number of unbranched alkanes of at least 4 members (excludes halogenated alkanes) is 1. The van der Waals surface area contributed by atoms with Crippen molar-refractivity contribution in [3.8, 4) is 0 Å². The van der Waals surface area contributed by atoms with Gasteiger partial charge in [-0.1, -0.05) is 93.8 Å². The molecule has 0 bridgehead atoms. The van der Waals surface area contributed by atoms with Gasteiger partial charge in [-0.25, -0.2) is 0 Å². The third kappa shape index (κ3) is 4.57. The van der Waals surface area contributed by atoms with E-state index < -0.39 is 30.2 Å². The van der Waals surface area contributed by atoms with Crippen molar-refractivity contribution in [2.24, 2.45) is 5.92 Å². The quantitative estimate of drug-likeness (QED) is 0.398. The number of hydrogen-bond acceptors (Lipinski definition) is 2. The molecule has 2 aromatic carbocycles. The molecule has 3 unspecified atom stereocenters. The lowest BCUT2D eigenvalue weighted by Gasteiger charge is -2.34. The number of hydrogen-bond donors (Lipinski definition) is 0. The number of rotatable bonds is 9. The molecule has 28 heavy (non-hydrogen) atoms. The third-order valence-corrected chi connectivity index (χ3v) is 8.25. The van der Waals surface area contributed by atoms with Crippen LogP contribution in [0.4, 0.5) is 13.2 Å². The minimum Gasteiger partial charge on any atom is -0.305 e. The minimum absolute atomic E-state index is 0.158. The molecular formula is C22H26F3O2P. The molecule has 2 aromatic rings. The Balaban J connectivity index is 2.69. The van der Waals surface area contributed by atoms with Crippen LogP contribution in [-0.4, -0.2) is 11.4 Å². The largest absolute Gasteiger partial charge is 0.447 e. The van der Waals surface area contributed by atoms with E-state index in [1.54, 1.807) is 43.3 Å². The maximum atomic E-state index is 14.3. The average Bonchev–Trinajstić information content (AvgIpc) is 2.70. The van der Waals surface area contributed by atoms with Crippen molar-refractivity contribution in [3.05, 3.63) is 71.8 Å². The van der Waals surface area contributed by atoms with Gasteiger partial charge in [0, 0.05) is 5.56 Å². The first-order valence-corrected chi connectivity index (χ1v) is 11.4. The molecule has 3 atom stereocenters. The Labute approximate surface area is 164 Å². The van der Waals surface area contributed by atoms with Crippen molar-refractivity contribution < 1.29 is 22.5 Å². The van der Waals surface area contributed by atoms with Crippen LogP contribution in [0, 0.1) is 5.92 Å². The zero-order valence-corrected chi connectivity index (χ0v) is 17.0.